The van der Waals surface area contributed by atoms with Gasteiger partial charge < -0.3 is 16.0 Å². The van der Waals surface area contributed by atoms with Crippen molar-refractivity contribution in [3.8, 4) is 0 Å². The summed E-state index contributed by atoms with van der Waals surface area (Å²) in [5.41, 5.74) is 7.56. The fourth-order valence-corrected chi connectivity index (χ4v) is 3.37. The van der Waals surface area contributed by atoms with Crippen LogP contribution in [0.1, 0.15) is 57.8 Å². The van der Waals surface area contributed by atoms with Crippen LogP contribution in [0.3, 0.4) is 0 Å². The van der Waals surface area contributed by atoms with Crippen LogP contribution in [0.15, 0.2) is 24.3 Å². The Morgan fingerprint density at radius 2 is 1.87 bits per heavy atom. The second kappa shape index (κ2) is 9.56. The molecular formula is C19H31N3O. The molecule has 0 aliphatic heterocycles. The number of hydrogen-bond acceptors (Lipinski definition) is 3. The summed E-state index contributed by atoms with van der Waals surface area (Å²) in [4.78, 5) is 14.5. The summed E-state index contributed by atoms with van der Waals surface area (Å²) in [5.74, 6) is 0.116. The van der Waals surface area contributed by atoms with E-state index in [1.54, 1.807) is 0 Å². The van der Waals surface area contributed by atoms with Crippen molar-refractivity contribution in [2.45, 2.75) is 63.8 Å². The average Bonchev–Trinajstić information content (AvgIpc) is 3.09. The van der Waals surface area contributed by atoms with Gasteiger partial charge in [-0.15, -0.1) is 0 Å². The molecule has 23 heavy (non-hydrogen) atoms. The fourth-order valence-electron chi connectivity index (χ4n) is 3.37. The van der Waals surface area contributed by atoms with E-state index in [4.69, 9.17) is 5.73 Å². The molecule has 2 rings (SSSR count). The number of nitrogens with one attached hydrogen (secondary N) is 1. The maximum Gasteiger partial charge on any atom is 0.224 e. The lowest BCUT2D eigenvalue weighted by atomic mass is 10.1. The molecule has 1 aromatic rings. The zero-order valence-corrected chi connectivity index (χ0v) is 14.4. The van der Waals surface area contributed by atoms with E-state index in [1.807, 2.05) is 18.2 Å². The Morgan fingerprint density at radius 3 is 2.61 bits per heavy atom. The van der Waals surface area contributed by atoms with Gasteiger partial charge in [0.05, 0.1) is 11.4 Å². The fraction of sp³-hybridized carbons (Fsp3) is 0.632. The van der Waals surface area contributed by atoms with Crippen molar-refractivity contribution in [2.24, 2.45) is 5.73 Å². The SMILES string of the molecule is CN(c1ccccc1NC(=O)CCCCCCN)C1CCCC1. The summed E-state index contributed by atoms with van der Waals surface area (Å²) in [5, 5.41) is 3.10. The van der Waals surface area contributed by atoms with Crippen LogP contribution in [0.4, 0.5) is 11.4 Å². The molecule has 0 spiro atoms. The molecule has 1 saturated carbocycles. The van der Waals surface area contributed by atoms with Gasteiger partial charge in [-0.25, -0.2) is 0 Å². The number of hydrogen-bond donors (Lipinski definition) is 2. The number of nitrogens with two attached hydrogens (primary N) is 1. The van der Waals surface area contributed by atoms with Crippen molar-refractivity contribution >= 4 is 17.3 Å². The summed E-state index contributed by atoms with van der Waals surface area (Å²) in [6.45, 7) is 0.743. The molecule has 1 aliphatic rings. The van der Waals surface area contributed by atoms with E-state index in [0.29, 0.717) is 12.5 Å². The van der Waals surface area contributed by atoms with Crippen LogP contribution in [-0.4, -0.2) is 25.5 Å². The molecule has 1 aliphatic carbocycles. The highest BCUT2D eigenvalue weighted by atomic mass is 16.1. The van der Waals surface area contributed by atoms with E-state index in [1.165, 1.54) is 25.7 Å². The van der Waals surface area contributed by atoms with E-state index in [0.717, 1.165) is 43.6 Å². The molecule has 1 aromatic carbocycles. The third kappa shape index (κ3) is 5.54. The second-order valence-electron chi connectivity index (χ2n) is 6.57. The van der Waals surface area contributed by atoms with Crippen LogP contribution < -0.4 is 16.0 Å². The molecule has 0 aromatic heterocycles. The van der Waals surface area contributed by atoms with Gasteiger partial charge in [0, 0.05) is 19.5 Å². The summed E-state index contributed by atoms with van der Waals surface area (Å²) in [6.07, 6.45) is 9.90. The number of benzene rings is 1. The van der Waals surface area contributed by atoms with Crippen LogP contribution in [0.2, 0.25) is 0 Å². The quantitative estimate of drug-likeness (QED) is 0.679. The molecule has 1 fully saturated rings. The van der Waals surface area contributed by atoms with Gasteiger partial charge in [-0.2, -0.15) is 0 Å². The highest BCUT2D eigenvalue weighted by Gasteiger charge is 2.21. The second-order valence-corrected chi connectivity index (χ2v) is 6.57. The van der Waals surface area contributed by atoms with Gasteiger partial charge in [0.15, 0.2) is 0 Å². The Bertz CT molecular complexity index is 483. The summed E-state index contributed by atoms with van der Waals surface area (Å²) in [6, 6.07) is 8.75. The van der Waals surface area contributed by atoms with Gasteiger partial charge in [-0.05, 0) is 44.4 Å². The van der Waals surface area contributed by atoms with Crippen LogP contribution in [-0.2, 0) is 4.79 Å². The summed E-state index contributed by atoms with van der Waals surface area (Å²) < 4.78 is 0. The molecule has 128 valence electrons. The minimum absolute atomic E-state index is 0.116. The average molecular weight is 317 g/mol. The highest BCUT2D eigenvalue weighted by Crippen LogP contribution is 2.31. The van der Waals surface area contributed by atoms with E-state index in [-0.39, 0.29) is 5.91 Å². The van der Waals surface area contributed by atoms with E-state index < -0.39 is 0 Å². The van der Waals surface area contributed by atoms with Gasteiger partial charge in [-0.1, -0.05) is 37.8 Å². The summed E-state index contributed by atoms with van der Waals surface area (Å²) >= 11 is 0. The molecule has 3 N–H and O–H groups in total. The van der Waals surface area contributed by atoms with Crippen molar-refractivity contribution < 1.29 is 4.79 Å². The first-order valence-electron chi connectivity index (χ1n) is 9.04. The zero-order chi connectivity index (χ0) is 16.5. The maximum absolute atomic E-state index is 12.2. The predicted molar refractivity (Wildman–Crippen MR) is 97.9 cm³/mol. The topological polar surface area (TPSA) is 58.4 Å². The standard InChI is InChI=1S/C19H31N3O/c1-22(16-10-5-6-11-16)18-13-8-7-12-17(18)21-19(23)14-4-2-3-9-15-20/h7-8,12-13,16H,2-6,9-11,14-15,20H2,1H3,(H,21,23). The third-order valence-electron chi connectivity index (χ3n) is 4.79. The van der Waals surface area contributed by atoms with E-state index in [2.05, 4.69) is 23.3 Å². The molecule has 0 atom stereocenters. The van der Waals surface area contributed by atoms with E-state index >= 15 is 0 Å². The first-order valence-corrected chi connectivity index (χ1v) is 9.04. The van der Waals surface area contributed by atoms with Crippen LogP contribution in [0.5, 0.6) is 0 Å². The monoisotopic (exact) mass is 317 g/mol. The lowest BCUT2D eigenvalue weighted by Gasteiger charge is -2.28. The van der Waals surface area contributed by atoms with E-state index in [9.17, 15) is 4.79 Å². The molecule has 1 amide bonds. The summed E-state index contributed by atoms with van der Waals surface area (Å²) in [7, 11) is 2.15. The lowest BCUT2D eigenvalue weighted by molar-refractivity contribution is -0.116. The molecule has 0 bridgehead atoms. The first kappa shape index (κ1) is 17.8. The van der Waals surface area contributed by atoms with Crippen LogP contribution in [0.25, 0.3) is 0 Å². The normalized spacial score (nSPS) is 14.9. The number of rotatable bonds is 9. The van der Waals surface area contributed by atoms with Gasteiger partial charge in [0.1, 0.15) is 0 Å². The Morgan fingerprint density at radius 1 is 1.17 bits per heavy atom. The van der Waals surface area contributed by atoms with Crippen molar-refractivity contribution in [1.29, 1.82) is 0 Å². The minimum Gasteiger partial charge on any atom is -0.370 e. The number of carbonyl (C=O) groups excluding carboxylic acids is 1. The Kier molecular flexibility index (Phi) is 7.40. The van der Waals surface area contributed by atoms with Gasteiger partial charge in [0.2, 0.25) is 5.91 Å². The number of anilines is 2. The maximum atomic E-state index is 12.2. The first-order chi connectivity index (χ1) is 11.2. The predicted octanol–water partition coefficient (Wildman–Crippen LogP) is 3.91. The molecule has 0 heterocycles. The van der Waals surface area contributed by atoms with Crippen LogP contribution in [0, 0.1) is 0 Å². The number of nitrogens with zero attached hydrogens (tertiary/aromatic N) is 1. The smallest absolute Gasteiger partial charge is 0.224 e. The minimum atomic E-state index is 0.116. The van der Waals surface area contributed by atoms with Crippen molar-refractivity contribution in [3.05, 3.63) is 24.3 Å². The highest BCUT2D eigenvalue weighted by molar-refractivity contribution is 5.94. The Balaban J connectivity index is 1.88. The molecular weight excluding hydrogens is 286 g/mol. The zero-order valence-electron chi connectivity index (χ0n) is 14.4. The Labute approximate surface area is 140 Å². The number of para-hydroxylation sites is 2. The molecule has 0 saturated heterocycles. The molecule has 4 heteroatoms. The number of amides is 1. The lowest BCUT2D eigenvalue weighted by Crippen LogP contribution is -2.29. The number of unbranched alkanes of at least 4 members (excludes halogenated alkanes) is 3. The molecule has 0 radical (unpaired) electrons. The molecule has 0 unspecified atom stereocenters. The third-order valence-corrected chi connectivity index (χ3v) is 4.79. The van der Waals surface area contributed by atoms with Crippen LogP contribution >= 0.6 is 0 Å². The largest absolute Gasteiger partial charge is 0.370 e. The van der Waals surface area contributed by atoms with Gasteiger partial charge in [0.25, 0.3) is 0 Å². The van der Waals surface area contributed by atoms with Crippen molar-refractivity contribution in [3.63, 3.8) is 0 Å². The Hall–Kier alpha value is -1.55. The van der Waals surface area contributed by atoms with Crippen molar-refractivity contribution in [2.75, 3.05) is 23.8 Å². The molecule has 4 nitrogen and oxygen atoms in total. The van der Waals surface area contributed by atoms with Gasteiger partial charge in [-0.3, -0.25) is 4.79 Å². The van der Waals surface area contributed by atoms with Gasteiger partial charge >= 0.3 is 0 Å². The number of carbonyl (C=O) groups is 1. The van der Waals surface area contributed by atoms with Crippen molar-refractivity contribution in [1.82, 2.24) is 0 Å².